The molecule has 20 heavy (non-hydrogen) atoms. The Balaban J connectivity index is 2.06. The van der Waals surface area contributed by atoms with Gasteiger partial charge in [-0.3, -0.25) is 4.79 Å². The number of carbonyl (C=O) groups excluding carboxylic acids is 1. The Morgan fingerprint density at radius 2 is 2.00 bits per heavy atom. The van der Waals surface area contributed by atoms with E-state index in [0.29, 0.717) is 11.5 Å². The first kappa shape index (κ1) is 14.8. The summed E-state index contributed by atoms with van der Waals surface area (Å²) in [5.41, 5.74) is 2.39. The minimum Gasteiger partial charge on any atom is -0.394 e. The maximum atomic E-state index is 12.2. The molecule has 0 saturated heterocycles. The molecule has 1 atom stereocenters. The van der Waals surface area contributed by atoms with Gasteiger partial charge < -0.3 is 10.4 Å². The molecule has 3 nitrogen and oxygen atoms in total. The van der Waals surface area contributed by atoms with Gasteiger partial charge in [0.05, 0.1) is 12.1 Å². The van der Waals surface area contributed by atoms with Gasteiger partial charge in [-0.1, -0.05) is 29.8 Å². The van der Waals surface area contributed by atoms with Crippen LogP contribution in [0.25, 0.3) is 6.08 Å². The molecule has 1 fully saturated rings. The Kier molecular flexibility index (Phi) is 4.29. The first-order chi connectivity index (χ1) is 9.44. The molecule has 1 aromatic rings. The predicted molar refractivity (Wildman–Crippen MR) is 81.2 cm³/mol. The number of aryl methyl sites for hydroxylation is 1. The van der Waals surface area contributed by atoms with E-state index in [2.05, 4.69) is 5.32 Å². The van der Waals surface area contributed by atoms with Crippen LogP contribution in [0.3, 0.4) is 0 Å². The summed E-state index contributed by atoms with van der Waals surface area (Å²) in [5.74, 6) is 0.303. The third-order valence-electron chi connectivity index (χ3n) is 4.02. The number of benzene rings is 1. The average molecular weight is 273 g/mol. The highest BCUT2D eigenvalue weighted by Gasteiger charge is 2.42. The zero-order valence-electron chi connectivity index (χ0n) is 12.4. The molecule has 0 bridgehead atoms. The van der Waals surface area contributed by atoms with Crippen molar-refractivity contribution < 1.29 is 9.90 Å². The molecule has 0 aliphatic heterocycles. The topological polar surface area (TPSA) is 49.3 Å². The first-order valence-electron chi connectivity index (χ1n) is 7.13. The van der Waals surface area contributed by atoms with Crippen LogP contribution in [-0.4, -0.2) is 23.2 Å². The maximum Gasteiger partial charge on any atom is 0.247 e. The molecule has 108 valence electrons. The summed E-state index contributed by atoms with van der Waals surface area (Å²) in [6.07, 6.45) is 4.04. The van der Waals surface area contributed by atoms with Gasteiger partial charge in [-0.15, -0.1) is 0 Å². The summed E-state index contributed by atoms with van der Waals surface area (Å²) >= 11 is 0. The number of amides is 1. The molecule has 1 unspecified atom stereocenters. The Hall–Kier alpha value is -1.61. The molecule has 0 aromatic heterocycles. The van der Waals surface area contributed by atoms with Gasteiger partial charge in [0.2, 0.25) is 5.91 Å². The minimum absolute atomic E-state index is 0.0127. The van der Waals surface area contributed by atoms with E-state index in [1.54, 1.807) is 6.92 Å². The quantitative estimate of drug-likeness (QED) is 0.810. The Morgan fingerprint density at radius 3 is 2.50 bits per heavy atom. The zero-order chi connectivity index (χ0) is 14.8. The molecular formula is C17H23NO2. The number of hydrogen-bond acceptors (Lipinski definition) is 2. The maximum absolute atomic E-state index is 12.2. The van der Waals surface area contributed by atoms with Gasteiger partial charge in [0.15, 0.2) is 0 Å². The van der Waals surface area contributed by atoms with E-state index in [1.165, 1.54) is 5.56 Å². The molecule has 2 rings (SSSR count). The van der Waals surface area contributed by atoms with Crippen LogP contribution in [-0.2, 0) is 4.79 Å². The van der Waals surface area contributed by atoms with Crippen molar-refractivity contribution in [2.75, 3.05) is 6.61 Å². The number of aliphatic hydroxyl groups is 1. The molecule has 1 aliphatic rings. The second kappa shape index (κ2) is 5.80. The highest BCUT2D eigenvalue weighted by Crippen LogP contribution is 2.39. The van der Waals surface area contributed by atoms with Crippen LogP contribution < -0.4 is 5.32 Å². The molecule has 1 saturated carbocycles. The van der Waals surface area contributed by atoms with Crippen molar-refractivity contribution in [1.82, 2.24) is 5.32 Å². The Labute approximate surface area is 120 Å². The number of carbonyl (C=O) groups is 1. The van der Waals surface area contributed by atoms with Gasteiger partial charge in [-0.05, 0) is 51.2 Å². The van der Waals surface area contributed by atoms with E-state index in [4.69, 9.17) is 0 Å². The SMILES string of the molecule is C/C(=C/c1ccc(C)cc1)C(=O)NC(C)(CO)C1CC1. The van der Waals surface area contributed by atoms with Crippen LogP contribution in [0, 0.1) is 12.8 Å². The fourth-order valence-electron chi connectivity index (χ4n) is 2.33. The second-order valence-corrected chi connectivity index (χ2v) is 6.04. The number of hydrogen-bond donors (Lipinski definition) is 2. The van der Waals surface area contributed by atoms with Gasteiger partial charge in [-0.25, -0.2) is 0 Å². The van der Waals surface area contributed by atoms with E-state index >= 15 is 0 Å². The highest BCUT2D eigenvalue weighted by molar-refractivity contribution is 5.97. The van der Waals surface area contributed by atoms with Crippen LogP contribution in [0.1, 0.15) is 37.8 Å². The lowest BCUT2D eigenvalue weighted by Gasteiger charge is -2.29. The van der Waals surface area contributed by atoms with Crippen LogP contribution in [0.15, 0.2) is 29.8 Å². The van der Waals surface area contributed by atoms with Crippen molar-refractivity contribution in [1.29, 1.82) is 0 Å². The summed E-state index contributed by atoms with van der Waals surface area (Å²) in [6, 6.07) is 8.05. The monoisotopic (exact) mass is 273 g/mol. The van der Waals surface area contributed by atoms with E-state index < -0.39 is 5.54 Å². The summed E-state index contributed by atoms with van der Waals surface area (Å²) in [5, 5.41) is 12.5. The summed E-state index contributed by atoms with van der Waals surface area (Å²) < 4.78 is 0. The lowest BCUT2D eigenvalue weighted by molar-refractivity contribution is -0.119. The smallest absolute Gasteiger partial charge is 0.247 e. The van der Waals surface area contributed by atoms with Crippen molar-refractivity contribution in [3.05, 3.63) is 41.0 Å². The van der Waals surface area contributed by atoms with Crippen LogP contribution in [0.5, 0.6) is 0 Å². The van der Waals surface area contributed by atoms with Crippen molar-refractivity contribution in [2.45, 2.75) is 39.2 Å². The van der Waals surface area contributed by atoms with Crippen LogP contribution in [0.2, 0.25) is 0 Å². The molecule has 0 heterocycles. The van der Waals surface area contributed by atoms with E-state index in [-0.39, 0.29) is 12.5 Å². The average Bonchev–Trinajstić information content (AvgIpc) is 3.26. The molecule has 2 N–H and O–H groups in total. The van der Waals surface area contributed by atoms with Crippen LogP contribution in [0.4, 0.5) is 0 Å². The molecule has 0 spiro atoms. The van der Waals surface area contributed by atoms with E-state index in [1.807, 2.05) is 44.2 Å². The molecule has 1 amide bonds. The predicted octanol–water partition coefficient (Wildman–Crippen LogP) is 2.68. The fourth-order valence-corrected chi connectivity index (χ4v) is 2.33. The highest BCUT2D eigenvalue weighted by atomic mass is 16.3. The van der Waals surface area contributed by atoms with Gasteiger partial charge in [0, 0.05) is 5.57 Å². The fraction of sp³-hybridized carbons (Fsp3) is 0.471. The van der Waals surface area contributed by atoms with Gasteiger partial charge >= 0.3 is 0 Å². The number of nitrogens with one attached hydrogen (secondary N) is 1. The molecular weight excluding hydrogens is 250 g/mol. The minimum atomic E-state index is -0.487. The molecule has 3 heteroatoms. The first-order valence-corrected chi connectivity index (χ1v) is 7.13. The summed E-state index contributed by atoms with van der Waals surface area (Å²) in [6.45, 7) is 5.75. The number of rotatable bonds is 5. The van der Waals surface area contributed by atoms with Crippen molar-refractivity contribution in [3.63, 3.8) is 0 Å². The van der Waals surface area contributed by atoms with Crippen molar-refractivity contribution >= 4 is 12.0 Å². The Morgan fingerprint density at radius 1 is 1.40 bits per heavy atom. The lowest BCUT2D eigenvalue weighted by Crippen LogP contribution is -2.51. The molecule has 1 aromatic carbocycles. The Bertz CT molecular complexity index is 514. The zero-order valence-corrected chi connectivity index (χ0v) is 12.4. The van der Waals surface area contributed by atoms with Crippen molar-refractivity contribution in [2.24, 2.45) is 5.92 Å². The third-order valence-corrected chi connectivity index (χ3v) is 4.02. The van der Waals surface area contributed by atoms with Gasteiger partial charge in [0.25, 0.3) is 0 Å². The summed E-state index contributed by atoms with van der Waals surface area (Å²) in [4.78, 5) is 12.2. The van der Waals surface area contributed by atoms with Crippen molar-refractivity contribution in [3.8, 4) is 0 Å². The third kappa shape index (κ3) is 3.48. The molecule has 0 radical (unpaired) electrons. The second-order valence-electron chi connectivity index (χ2n) is 6.04. The van der Waals surface area contributed by atoms with Crippen LogP contribution >= 0.6 is 0 Å². The van der Waals surface area contributed by atoms with Gasteiger partial charge in [-0.2, -0.15) is 0 Å². The number of aliphatic hydroxyl groups excluding tert-OH is 1. The van der Waals surface area contributed by atoms with E-state index in [0.717, 1.165) is 18.4 Å². The largest absolute Gasteiger partial charge is 0.394 e. The lowest BCUT2D eigenvalue weighted by atomic mass is 9.96. The molecule has 1 aliphatic carbocycles. The van der Waals surface area contributed by atoms with E-state index in [9.17, 15) is 9.90 Å². The van der Waals surface area contributed by atoms with Gasteiger partial charge in [0.1, 0.15) is 0 Å². The normalized spacial score (nSPS) is 18.5. The standard InChI is InChI=1S/C17H23NO2/c1-12-4-6-14(7-5-12)10-13(2)16(20)18-17(3,11-19)15-8-9-15/h4-7,10,15,19H,8-9,11H2,1-3H3,(H,18,20)/b13-10-. The summed E-state index contributed by atoms with van der Waals surface area (Å²) in [7, 11) is 0.